The highest BCUT2D eigenvalue weighted by molar-refractivity contribution is 8.02. The molecule has 3 aliphatic heterocycles. The number of benzene rings is 2. The summed E-state index contributed by atoms with van der Waals surface area (Å²) in [5.74, 6) is -1.26. The molecule has 3 fully saturated rings. The van der Waals surface area contributed by atoms with Gasteiger partial charge in [0, 0.05) is 48.0 Å². The van der Waals surface area contributed by atoms with Crippen molar-refractivity contribution in [1.82, 2.24) is 4.90 Å². The van der Waals surface area contributed by atoms with Gasteiger partial charge in [-0.05, 0) is 95.5 Å². The van der Waals surface area contributed by atoms with E-state index in [1.165, 1.54) is 0 Å². The second-order valence-electron chi connectivity index (χ2n) is 13.3. The van der Waals surface area contributed by atoms with Gasteiger partial charge in [0.25, 0.3) is 5.91 Å². The van der Waals surface area contributed by atoms with Crippen LogP contribution in [-0.4, -0.2) is 88.7 Å². The molecule has 49 heavy (non-hydrogen) atoms. The number of likely N-dealkylation sites (tertiary alicyclic amines) is 1. The molecule has 10 heteroatoms. The zero-order chi connectivity index (χ0) is 35.5. The number of ether oxygens (including phenoxy) is 1. The minimum absolute atomic E-state index is 0.154. The molecule has 3 aliphatic rings. The third-order valence-corrected chi connectivity index (χ3v) is 12.7. The maximum absolute atomic E-state index is 15.1. The lowest BCUT2D eigenvalue weighted by Crippen LogP contribution is -2.57. The monoisotopic (exact) mass is 688 g/mol. The number of amides is 3. The van der Waals surface area contributed by atoms with E-state index < -0.39 is 33.4 Å². The van der Waals surface area contributed by atoms with Gasteiger partial charge in [-0.15, -0.1) is 24.9 Å². The van der Waals surface area contributed by atoms with Gasteiger partial charge in [0.2, 0.25) is 11.8 Å². The van der Waals surface area contributed by atoms with Gasteiger partial charge in [-0.25, -0.2) is 0 Å². The van der Waals surface area contributed by atoms with Crippen LogP contribution in [0.1, 0.15) is 53.9 Å². The molecule has 264 valence electrons. The number of aliphatic hydroxyl groups excluding tert-OH is 1. The summed E-state index contributed by atoms with van der Waals surface area (Å²) in [4.78, 5) is 52.0. The summed E-state index contributed by atoms with van der Waals surface area (Å²) in [5.41, 5.74) is 2.48. The molecule has 3 heterocycles. The molecule has 2 bridgehead atoms. The number of nitrogens with zero attached hydrogens (tertiary/aromatic N) is 4. The molecule has 2 aromatic rings. The van der Waals surface area contributed by atoms with Crippen LogP contribution in [0.4, 0.5) is 17.1 Å². The summed E-state index contributed by atoms with van der Waals surface area (Å²) in [6, 6.07) is 13.9. The Labute approximate surface area is 296 Å². The highest BCUT2D eigenvalue weighted by atomic mass is 32.2. The minimum Gasteiger partial charge on any atom is -0.494 e. The predicted octanol–water partition coefficient (Wildman–Crippen LogP) is 5.92. The number of anilines is 3. The molecule has 9 nitrogen and oxygen atoms in total. The van der Waals surface area contributed by atoms with E-state index in [0.717, 1.165) is 18.8 Å². The van der Waals surface area contributed by atoms with E-state index in [-0.39, 0.29) is 37.4 Å². The summed E-state index contributed by atoms with van der Waals surface area (Å²) in [7, 11) is 0. The third-order valence-electron chi connectivity index (χ3n) is 10.7. The Kier molecular flexibility index (Phi) is 11.2. The van der Waals surface area contributed by atoms with Crippen molar-refractivity contribution in [1.29, 1.82) is 0 Å². The number of thioether (sulfide) groups is 1. The molecule has 3 amide bonds. The number of rotatable bonds is 16. The van der Waals surface area contributed by atoms with Crippen molar-refractivity contribution in [3.05, 3.63) is 73.8 Å². The number of hydrogen-bond acceptors (Lipinski definition) is 7. The number of aliphatic hydroxyl groups is 1. The summed E-state index contributed by atoms with van der Waals surface area (Å²) in [6.07, 6.45) is 5.18. The number of hydrogen-bond donors (Lipinski definition) is 1. The number of fused-ring (bicyclic) bond motifs is 1. The first-order chi connectivity index (χ1) is 23.6. The van der Waals surface area contributed by atoms with Crippen LogP contribution in [0.25, 0.3) is 0 Å². The summed E-state index contributed by atoms with van der Waals surface area (Å²) >= 11 is 1.64. The van der Waals surface area contributed by atoms with E-state index in [2.05, 4.69) is 38.8 Å². The van der Waals surface area contributed by atoms with E-state index in [9.17, 15) is 14.7 Å². The van der Waals surface area contributed by atoms with Crippen molar-refractivity contribution in [3.63, 3.8) is 0 Å². The molecule has 1 N–H and O–H groups in total. The van der Waals surface area contributed by atoms with E-state index in [4.69, 9.17) is 4.74 Å². The minimum atomic E-state index is -0.854. The van der Waals surface area contributed by atoms with Crippen molar-refractivity contribution in [2.45, 2.75) is 75.5 Å². The van der Waals surface area contributed by atoms with E-state index in [1.807, 2.05) is 62.4 Å². The quantitative estimate of drug-likeness (QED) is 0.219. The third kappa shape index (κ3) is 6.27. The molecular formula is C39H52N4O5S. The Morgan fingerprint density at radius 1 is 0.939 bits per heavy atom. The lowest BCUT2D eigenvalue weighted by Gasteiger charge is -2.39. The number of carbonyl (C=O) groups is 3. The summed E-state index contributed by atoms with van der Waals surface area (Å²) in [6.45, 7) is 20.5. The molecule has 0 saturated carbocycles. The van der Waals surface area contributed by atoms with Crippen molar-refractivity contribution in [3.8, 4) is 5.75 Å². The SMILES string of the molecule is C=CCN(C(=O)C1N([C@@H](CC)CO)C(=O)[C@@H]2[C@@H](C(=O)N(CC=C)c3ccc(OCC)cc3)[C@@]3(C)CCC12S3)c1ccc(N(CC)CC)cc1. The summed E-state index contributed by atoms with van der Waals surface area (Å²) in [5, 5.41) is 10.6. The maximum Gasteiger partial charge on any atom is 0.251 e. The lowest BCUT2D eigenvalue weighted by molar-refractivity contribution is -0.142. The molecule has 0 aliphatic carbocycles. The smallest absolute Gasteiger partial charge is 0.251 e. The topological polar surface area (TPSA) is 93.6 Å². The highest BCUT2D eigenvalue weighted by Crippen LogP contribution is 2.72. The molecule has 5 rings (SSSR count). The average Bonchev–Trinajstić information content (AvgIpc) is 3.68. The first-order valence-electron chi connectivity index (χ1n) is 17.6. The van der Waals surface area contributed by atoms with Crippen LogP contribution in [0.15, 0.2) is 73.8 Å². The first kappa shape index (κ1) is 36.5. The number of carbonyl (C=O) groups excluding carboxylic acids is 3. The Bertz CT molecular complexity index is 1520. The fraction of sp³-hybridized carbons (Fsp3) is 0.513. The van der Waals surface area contributed by atoms with E-state index in [0.29, 0.717) is 43.0 Å². The van der Waals surface area contributed by atoms with Crippen LogP contribution in [0, 0.1) is 11.8 Å². The molecule has 0 aromatic heterocycles. The van der Waals surface area contributed by atoms with Gasteiger partial charge >= 0.3 is 0 Å². The van der Waals surface area contributed by atoms with Gasteiger partial charge in [0.1, 0.15) is 11.8 Å². The van der Waals surface area contributed by atoms with Crippen LogP contribution in [0.3, 0.4) is 0 Å². The van der Waals surface area contributed by atoms with E-state index in [1.54, 1.807) is 38.6 Å². The molecule has 2 unspecified atom stereocenters. The Morgan fingerprint density at radius 2 is 1.49 bits per heavy atom. The van der Waals surface area contributed by atoms with Gasteiger partial charge in [-0.3, -0.25) is 14.4 Å². The van der Waals surface area contributed by atoms with Gasteiger partial charge in [-0.1, -0.05) is 19.1 Å². The average molecular weight is 689 g/mol. The van der Waals surface area contributed by atoms with Gasteiger partial charge in [0.15, 0.2) is 0 Å². The van der Waals surface area contributed by atoms with Gasteiger partial charge in [0.05, 0.1) is 35.8 Å². The van der Waals surface area contributed by atoms with Gasteiger partial charge in [-0.2, -0.15) is 0 Å². The molecule has 3 saturated heterocycles. The maximum atomic E-state index is 15.1. The molecular weight excluding hydrogens is 637 g/mol. The molecule has 1 spiro atoms. The fourth-order valence-corrected chi connectivity index (χ4v) is 10.7. The van der Waals surface area contributed by atoms with Crippen molar-refractivity contribution >= 4 is 46.5 Å². The first-order valence-corrected chi connectivity index (χ1v) is 18.5. The largest absolute Gasteiger partial charge is 0.494 e. The van der Waals surface area contributed by atoms with Crippen molar-refractivity contribution < 1.29 is 24.2 Å². The highest BCUT2D eigenvalue weighted by Gasteiger charge is 2.78. The fourth-order valence-electron chi connectivity index (χ4n) is 8.37. The predicted molar refractivity (Wildman–Crippen MR) is 199 cm³/mol. The van der Waals surface area contributed by atoms with Crippen LogP contribution in [-0.2, 0) is 14.4 Å². The lowest BCUT2D eigenvalue weighted by atomic mass is 9.66. The van der Waals surface area contributed by atoms with Crippen LogP contribution >= 0.6 is 11.8 Å². The second-order valence-corrected chi connectivity index (χ2v) is 15.2. The summed E-state index contributed by atoms with van der Waals surface area (Å²) < 4.78 is 4.25. The molecule has 2 aromatic carbocycles. The van der Waals surface area contributed by atoms with Crippen molar-refractivity contribution in [2.75, 3.05) is 54.1 Å². The normalized spacial score (nSPS) is 25.9. The molecule has 6 atom stereocenters. The zero-order valence-corrected chi connectivity index (χ0v) is 30.5. The standard InChI is InChI=1S/C39H52N4O5S/c1-8-24-41(30-18-20-31(21-19-30)48-13-6)35(45)32-33-36(46)43(27(10-3)26-44)34(39(33)23-22-38(32,7)49-39)37(47)42(25-9-2)29-16-14-28(15-17-29)40(11-4)12-5/h8-9,14-21,27,32-34,44H,1-2,10-13,22-26H2,3-7H3/t27-,32-,33-,34?,38+,39?/m0/s1. The van der Waals surface area contributed by atoms with Crippen LogP contribution in [0.5, 0.6) is 5.75 Å². The van der Waals surface area contributed by atoms with Crippen LogP contribution < -0.4 is 19.4 Å². The van der Waals surface area contributed by atoms with Crippen LogP contribution in [0.2, 0.25) is 0 Å². The van der Waals surface area contributed by atoms with E-state index >= 15 is 4.79 Å². The molecule has 0 radical (unpaired) electrons. The van der Waals surface area contributed by atoms with Gasteiger partial charge < -0.3 is 29.4 Å². The Morgan fingerprint density at radius 3 is 2.00 bits per heavy atom. The zero-order valence-electron chi connectivity index (χ0n) is 29.6. The Balaban J connectivity index is 1.57. The Hall–Kier alpha value is -3.76. The van der Waals surface area contributed by atoms with Crippen molar-refractivity contribution in [2.24, 2.45) is 11.8 Å². The second kappa shape index (κ2) is 15.0.